The van der Waals surface area contributed by atoms with E-state index in [1.165, 1.54) is 24.3 Å². The summed E-state index contributed by atoms with van der Waals surface area (Å²) in [5, 5.41) is 8.20. The van der Waals surface area contributed by atoms with Gasteiger partial charge in [0.1, 0.15) is 0 Å². The predicted molar refractivity (Wildman–Crippen MR) is 45.6 cm³/mol. The molecule has 0 bridgehead atoms. The molecule has 1 nitrogen and oxygen atoms in total. The maximum Gasteiger partial charge on any atom is 0.166 e. The fraction of sp³-hybridized carbons (Fsp3) is 0.100. The fourth-order valence-corrected chi connectivity index (χ4v) is 0.888. The summed E-state index contributed by atoms with van der Waals surface area (Å²) < 4.78 is 25.5. The van der Waals surface area contributed by atoms with Gasteiger partial charge in [-0.05, 0) is 6.07 Å². The summed E-state index contributed by atoms with van der Waals surface area (Å²) in [6.07, 6.45) is 3.06. The summed E-state index contributed by atoms with van der Waals surface area (Å²) in [7, 11) is 0. The average molecular weight is 179 g/mol. The molecule has 3 heteroatoms. The molecular weight excluding hydrogens is 172 g/mol. The summed E-state index contributed by atoms with van der Waals surface area (Å²) in [4.78, 5) is 0. The predicted octanol–water partition coefficient (Wildman–Crippen LogP) is 2.89. The van der Waals surface area contributed by atoms with E-state index in [0.717, 1.165) is 6.07 Å². The lowest BCUT2D eigenvalue weighted by Crippen LogP contribution is -1.86. The molecule has 66 valence electrons. The largest absolute Gasteiger partial charge is 0.204 e. The van der Waals surface area contributed by atoms with Crippen LogP contribution in [0.15, 0.2) is 24.3 Å². The smallest absolute Gasteiger partial charge is 0.166 e. The molecule has 13 heavy (non-hydrogen) atoms. The molecule has 0 saturated heterocycles. The molecule has 0 atom stereocenters. The van der Waals surface area contributed by atoms with Gasteiger partial charge in [0, 0.05) is 5.56 Å². The monoisotopic (exact) mass is 179 g/mol. The van der Waals surface area contributed by atoms with Gasteiger partial charge in [-0.2, -0.15) is 5.26 Å². The van der Waals surface area contributed by atoms with Crippen LogP contribution in [0.3, 0.4) is 0 Å². The molecular formula is C10H7F2N. The van der Waals surface area contributed by atoms with Crippen molar-refractivity contribution in [2.75, 3.05) is 0 Å². The molecule has 0 aliphatic carbocycles. The normalized spacial score (nSPS) is 10.2. The number of nitrogens with zero attached hydrogens (tertiary/aromatic N) is 1. The molecule has 1 aromatic rings. The van der Waals surface area contributed by atoms with E-state index in [9.17, 15) is 8.78 Å². The first-order chi connectivity index (χ1) is 6.25. The molecule has 0 aliphatic heterocycles. The number of hydrogen-bond donors (Lipinski definition) is 0. The van der Waals surface area contributed by atoms with Crippen LogP contribution in [-0.4, -0.2) is 0 Å². The quantitative estimate of drug-likeness (QED) is 0.684. The van der Waals surface area contributed by atoms with Gasteiger partial charge in [0.25, 0.3) is 0 Å². The molecule has 0 unspecified atom stereocenters. The summed E-state index contributed by atoms with van der Waals surface area (Å²) in [6, 6.07) is 5.79. The lowest BCUT2D eigenvalue weighted by atomic mass is 10.2. The minimum absolute atomic E-state index is 0.162. The first-order valence-electron chi connectivity index (χ1n) is 3.73. The zero-order chi connectivity index (χ0) is 9.68. The molecule has 0 heterocycles. The fourth-order valence-electron chi connectivity index (χ4n) is 0.888. The molecule has 1 aromatic carbocycles. The highest BCUT2D eigenvalue weighted by molar-refractivity contribution is 5.50. The number of hydrogen-bond acceptors (Lipinski definition) is 1. The van der Waals surface area contributed by atoms with Crippen molar-refractivity contribution in [1.82, 2.24) is 0 Å². The van der Waals surface area contributed by atoms with Gasteiger partial charge < -0.3 is 0 Å². The van der Waals surface area contributed by atoms with Crippen LogP contribution < -0.4 is 0 Å². The highest BCUT2D eigenvalue weighted by Crippen LogP contribution is 2.12. The van der Waals surface area contributed by atoms with Crippen molar-refractivity contribution in [3.05, 3.63) is 41.5 Å². The Labute approximate surface area is 74.9 Å². The van der Waals surface area contributed by atoms with E-state index in [1.807, 2.05) is 6.07 Å². The average Bonchev–Trinajstić information content (AvgIpc) is 2.13. The van der Waals surface area contributed by atoms with E-state index in [0.29, 0.717) is 0 Å². The SMILES string of the molecule is N#CCC=Cc1cccc(F)c1F. The highest BCUT2D eigenvalue weighted by Gasteiger charge is 2.03. The van der Waals surface area contributed by atoms with Gasteiger partial charge in [0.15, 0.2) is 11.6 Å². The van der Waals surface area contributed by atoms with Gasteiger partial charge in [-0.15, -0.1) is 0 Å². The molecule has 0 amide bonds. The van der Waals surface area contributed by atoms with Crippen molar-refractivity contribution in [2.24, 2.45) is 0 Å². The maximum atomic E-state index is 12.9. The van der Waals surface area contributed by atoms with Crippen molar-refractivity contribution in [2.45, 2.75) is 6.42 Å². The van der Waals surface area contributed by atoms with Crippen LogP contribution in [0.2, 0.25) is 0 Å². The Kier molecular flexibility index (Phi) is 3.15. The van der Waals surface area contributed by atoms with Gasteiger partial charge in [-0.25, -0.2) is 8.78 Å². The van der Waals surface area contributed by atoms with Gasteiger partial charge in [-0.3, -0.25) is 0 Å². The third kappa shape index (κ3) is 2.38. The van der Waals surface area contributed by atoms with Gasteiger partial charge in [0.05, 0.1) is 12.5 Å². The first-order valence-corrected chi connectivity index (χ1v) is 3.73. The van der Waals surface area contributed by atoms with Crippen molar-refractivity contribution in [1.29, 1.82) is 5.26 Å². The standard InChI is InChI=1S/C10H7F2N/c11-9-6-3-5-8(10(9)12)4-1-2-7-13/h1,3-6H,2H2. The Hall–Kier alpha value is -1.69. The molecule has 0 fully saturated rings. The Morgan fingerprint density at radius 2 is 2.15 bits per heavy atom. The molecule has 0 N–H and O–H groups in total. The Balaban J connectivity index is 2.90. The van der Waals surface area contributed by atoms with Crippen molar-refractivity contribution in [3.8, 4) is 6.07 Å². The van der Waals surface area contributed by atoms with Crippen molar-refractivity contribution >= 4 is 6.08 Å². The van der Waals surface area contributed by atoms with Crippen molar-refractivity contribution < 1.29 is 8.78 Å². The van der Waals surface area contributed by atoms with Crippen LogP contribution in [0, 0.1) is 23.0 Å². The molecule has 0 aliphatic rings. The molecule has 0 radical (unpaired) electrons. The number of nitriles is 1. The van der Waals surface area contributed by atoms with E-state index in [4.69, 9.17) is 5.26 Å². The topological polar surface area (TPSA) is 23.8 Å². The molecule has 1 rings (SSSR count). The van der Waals surface area contributed by atoms with E-state index in [1.54, 1.807) is 0 Å². The highest BCUT2D eigenvalue weighted by atomic mass is 19.2. The van der Waals surface area contributed by atoms with Crippen LogP contribution in [0.5, 0.6) is 0 Å². The van der Waals surface area contributed by atoms with Gasteiger partial charge >= 0.3 is 0 Å². The number of allylic oxidation sites excluding steroid dienone is 1. The Bertz CT molecular complexity index is 364. The third-order valence-corrected chi connectivity index (χ3v) is 1.49. The number of halogens is 2. The lowest BCUT2D eigenvalue weighted by Gasteiger charge is -1.96. The van der Waals surface area contributed by atoms with Crippen molar-refractivity contribution in [3.63, 3.8) is 0 Å². The minimum atomic E-state index is -0.878. The second-order valence-corrected chi connectivity index (χ2v) is 2.41. The van der Waals surface area contributed by atoms with Crippen LogP contribution in [0.4, 0.5) is 8.78 Å². The molecule has 0 spiro atoms. The van der Waals surface area contributed by atoms with Crippen LogP contribution in [0.1, 0.15) is 12.0 Å². The second kappa shape index (κ2) is 4.36. The van der Waals surface area contributed by atoms with Crippen LogP contribution in [0.25, 0.3) is 6.08 Å². The summed E-state index contributed by atoms with van der Waals surface area (Å²) >= 11 is 0. The van der Waals surface area contributed by atoms with E-state index in [-0.39, 0.29) is 12.0 Å². The zero-order valence-electron chi connectivity index (χ0n) is 6.80. The van der Waals surface area contributed by atoms with E-state index >= 15 is 0 Å². The third-order valence-electron chi connectivity index (χ3n) is 1.49. The lowest BCUT2D eigenvalue weighted by molar-refractivity contribution is 0.507. The molecule has 0 saturated carbocycles. The van der Waals surface area contributed by atoms with E-state index < -0.39 is 11.6 Å². The van der Waals surface area contributed by atoms with Gasteiger partial charge in [-0.1, -0.05) is 24.3 Å². The minimum Gasteiger partial charge on any atom is -0.204 e. The summed E-state index contributed by atoms with van der Waals surface area (Å²) in [5.41, 5.74) is 0.162. The Morgan fingerprint density at radius 1 is 1.38 bits per heavy atom. The van der Waals surface area contributed by atoms with Crippen LogP contribution >= 0.6 is 0 Å². The summed E-state index contributed by atoms with van der Waals surface area (Å²) in [6.45, 7) is 0. The number of rotatable bonds is 2. The van der Waals surface area contributed by atoms with Crippen LogP contribution in [-0.2, 0) is 0 Å². The van der Waals surface area contributed by atoms with E-state index in [2.05, 4.69) is 0 Å². The first kappa shape index (κ1) is 9.40. The van der Waals surface area contributed by atoms with Gasteiger partial charge in [0.2, 0.25) is 0 Å². The zero-order valence-corrected chi connectivity index (χ0v) is 6.80. The Morgan fingerprint density at radius 3 is 2.85 bits per heavy atom. The molecule has 0 aromatic heterocycles. The maximum absolute atomic E-state index is 12.9. The second-order valence-electron chi connectivity index (χ2n) is 2.41. The summed E-state index contributed by atoms with van der Waals surface area (Å²) in [5.74, 6) is -1.75. The number of benzene rings is 1.